The van der Waals surface area contributed by atoms with Crippen LogP contribution in [0.2, 0.25) is 0 Å². The molecule has 1 amide bonds. The minimum atomic E-state index is -1.24. The van der Waals surface area contributed by atoms with Crippen molar-refractivity contribution in [3.05, 3.63) is 52.1 Å². The van der Waals surface area contributed by atoms with Crippen molar-refractivity contribution in [2.75, 3.05) is 30.9 Å². The molecule has 0 radical (unpaired) electrons. The number of carboxylic acid groups (broad SMARTS) is 1. The van der Waals surface area contributed by atoms with E-state index in [1.54, 1.807) is 12.1 Å². The fraction of sp³-hybridized carbons (Fsp3) is 0.375. The van der Waals surface area contributed by atoms with Crippen LogP contribution in [0.4, 0.5) is 11.6 Å². The molecule has 0 unspecified atom stereocenters. The molecule has 208 valence electrons. The van der Waals surface area contributed by atoms with Crippen LogP contribution in [0.1, 0.15) is 35.3 Å². The Morgan fingerprint density at radius 2 is 1.82 bits per heavy atom. The molecule has 6 N–H and O–H groups in total. The molecule has 0 saturated carbocycles. The van der Waals surface area contributed by atoms with Crippen molar-refractivity contribution in [1.82, 2.24) is 25.3 Å². The predicted molar refractivity (Wildman–Crippen MR) is 140 cm³/mol. The molecule has 5 heterocycles. The highest BCUT2D eigenvalue weighted by Gasteiger charge is 2.48. The fourth-order valence-corrected chi connectivity index (χ4v) is 4.46. The summed E-state index contributed by atoms with van der Waals surface area (Å²) >= 11 is 0. The number of anilines is 2. The minimum Gasteiger partial charge on any atom is -0.480 e. The molecular formula is C24H26BN7O8. The van der Waals surface area contributed by atoms with Gasteiger partial charge >= 0.3 is 13.3 Å². The van der Waals surface area contributed by atoms with Crippen molar-refractivity contribution in [3.63, 3.8) is 0 Å². The monoisotopic (exact) mass is 551 g/mol. The average molecular weight is 551 g/mol. The maximum atomic E-state index is 12.7. The number of carbonyl (C=O) groups is 3. The number of carbonyl (C=O) groups excluding carboxylic acids is 2. The molecule has 0 aliphatic carbocycles. The van der Waals surface area contributed by atoms with Gasteiger partial charge in [0.1, 0.15) is 11.8 Å². The molecule has 16 heteroatoms. The number of nitrogens with one attached hydrogen (secondary N) is 3. The van der Waals surface area contributed by atoms with E-state index >= 15 is 0 Å². The SMILES string of the molecule is Nc1nc2ncc(CNc3ccc(C(=O)N[C@@H](CCC(=O)CC45COB(OC4)OC5)C(=O)O)cc3)nc2c(=O)[nH]1. The highest BCUT2D eigenvalue weighted by atomic mass is 16.8. The number of nitrogen functional groups attached to an aromatic ring is 1. The summed E-state index contributed by atoms with van der Waals surface area (Å²) in [5.41, 5.74) is 6.03. The summed E-state index contributed by atoms with van der Waals surface area (Å²) in [6, 6.07) is 5.11. The van der Waals surface area contributed by atoms with Crippen molar-refractivity contribution in [2.45, 2.75) is 31.8 Å². The lowest BCUT2D eigenvalue weighted by atomic mass is 9.80. The van der Waals surface area contributed by atoms with E-state index in [-0.39, 0.29) is 54.3 Å². The van der Waals surface area contributed by atoms with Crippen molar-refractivity contribution in [1.29, 1.82) is 0 Å². The summed E-state index contributed by atoms with van der Waals surface area (Å²) < 4.78 is 16.0. The molecule has 3 fully saturated rings. The molecule has 3 aliphatic heterocycles. The van der Waals surface area contributed by atoms with E-state index < -0.39 is 36.2 Å². The van der Waals surface area contributed by atoms with Crippen LogP contribution >= 0.6 is 0 Å². The van der Waals surface area contributed by atoms with Gasteiger partial charge < -0.3 is 35.4 Å². The van der Waals surface area contributed by atoms with Gasteiger partial charge in [-0.3, -0.25) is 19.4 Å². The Morgan fingerprint density at radius 3 is 2.50 bits per heavy atom. The predicted octanol–water partition coefficient (Wildman–Crippen LogP) is -0.122. The van der Waals surface area contributed by atoms with Crippen molar-refractivity contribution >= 4 is 47.8 Å². The molecule has 3 aliphatic rings. The van der Waals surface area contributed by atoms with Gasteiger partial charge in [0.05, 0.1) is 18.4 Å². The first-order chi connectivity index (χ1) is 19.2. The van der Waals surface area contributed by atoms with Crippen LogP contribution < -0.4 is 21.9 Å². The van der Waals surface area contributed by atoms with Crippen LogP contribution in [0, 0.1) is 5.41 Å². The Kier molecular flexibility index (Phi) is 7.73. The summed E-state index contributed by atoms with van der Waals surface area (Å²) in [7, 11) is -0.683. The van der Waals surface area contributed by atoms with Gasteiger partial charge in [-0.15, -0.1) is 0 Å². The number of aromatic amines is 1. The molecule has 1 atom stereocenters. The molecule has 3 saturated heterocycles. The molecular weight excluding hydrogens is 525 g/mol. The van der Waals surface area contributed by atoms with Crippen LogP contribution in [-0.2, 0) is 30.1 Å². The van der Waals surface area contributed by atoms with Crippen LogP contribution in [0.15, 0.2) is 35.3 Å². The second-order valence-electron chi connectivity index (χ2n) is 9.76. The van der Waals surface area contributed by atoms with E-state index in [0.717, 1.165) is 0 Å². The van der Waals surface area contributed by atoms with Gasteiger partial charge in [0, 0.05) is 49.3 Å². The van der Waals surface area contributed by atoms with E-state index in [2.05, 4.69) is 30.6 Å². The van der Waals surface area contributed by atoms with Crippen molar-refractivity contribution in [2.24, 2.45) is 5.41 Å². The third kappa shape index (κ3) is 6.25. The second kappa shape index (κ2) is 11.4. The standard InChI is InChI=1S/C24H26BN7O8/c26-23-31-19-18(21(35)32-23)29-15(9-28-19)8-27-14-3-1-13(2-4-14)20(34)30-17(22(36)37)6-5-16(33)7-24-10-38-25(39-11-24)40-12-24/h1-4,9,17,27H,5-8,10-12H2,(H,30,34)(H,36,37)(H3,26,28,31,32,35)/t17-/m0/s1. The number of nitrogens with zero attached hydrogens (tertiary/aromatic N) is 3. The summed E-state index contributed by atoms with van der Waals surface area (Å²) in [5, 5.41) is 15.2. The van der Waals surface area contributed by atoms with Gasteiger partial charge in [-0.2, -0.15) is 4.98 Å². The van der Waals surface area contributed by atoms with Crippen LogP contribution in [0.5, 0.6) is 0 Å². The largest absolute Gasteiger partial charge is 0.639 e. The fourth-order valence-electron chi connectivity index (χ4n) is 4.46. The van der Waals surface area contributed by atoms with E-state index in [1.807, 2.05) is 0 Å². The smallest absolute Gasteiger partial charge is 0.480 e. The van der Waals surface area contributed by atoms with Gasteiger partial charge in [0.15, 0.2) is 11.2 Å². The summed E-state index contributed by atoms with van der Waals surface area (Å²) in [6.07, 6.45) is 1.52. The second-order valence-corrected chi connectivity index (χ2v) is 9.76. The van der Waals surface area contributed by atoms with E-state index in [4.69, 9.17) is 19.7 Å². The van der Waals surface area contributed by atoms with E-state index in [1.165, 1.54) is 18.3 Å². The molecule has 40 heavy (non-hydrogen) atoms. The zero-order chi connectivity index (χ0) is 28.3. The molecule has 6 rings (SSSR count). The normalized spacial score (nSPS) is 16.4. The lowest BCUT2D eigenvalue weighted by molar-refractivity contribution is -0.141. The molecule has 2 aromatic heterocycles. The highest BCUT2D eigenvalue weighted by Crippen LogP contribution is 2.34. The number of carboxylic acids is 1. The third-order valence-corrected chi connectivity index (χ3v) is 6.57. The first-order valence-electron chi connectivity index (χ1n) is 12.5. The Hall–Kier alpha value is -4.41. The van der Waals surface area contributed by atoms with Gasteiger partial charge in [0.25, 0.3) is 11.5 Å². The topological polar surface area (TPSA) is 221 Å². The van der Waals surface area contributed by atoms with Gasteiger partial charge in [0.2, 0.25) is 5.95 Å². The maximum absolute atomic E-state index is 12.7. The third-order valence-electron chi connectivity index (χ3n) is 6.57. The van der Waals surface area contributed by atoms with Gasteiger partial charge in [-0.05, 0) is 30.7 Å². The number of Topliss-reactive ketones (excluding diaryl/α,β-unsaturated/α-hetero) is 1. The number of nitrogens with two attached hydrogens (primary N) is 1. The number of H-pyrrole nitrogens is 1. The van der Waals surface area contributed by atoms with Crippen molar-refractivity contribution < 1.29 is 33.5 Å². The first-order valence-corrected chi connectivity index (χ1v) is 12.5. The van der Waals surface area contributed by atoms with E-state index in [0.29, 0.717) is 31.2 Å². The number of benzene rings is 1. The average Bonchev–Trinajstić information content (AvgIpc) is 2.95. The maximum Gasteiger partial charge on any atom is 0.639 e. The Balaban J connectivity index is 1.13. The summed E-state index contributed by atoms with van der Waals surface area (Å²) in [4.78, 5) is 63.7. The lowest BCUT2D eigenvalue weighted by Gasteiger charge is -2.43. The number of fused-ring (bicyclic) bond motifs is 4. The number of aromatic nitrogens is 4. The van der Waals surface area contributed by atoms with Crippen LogP contribution in [0.3, 0.4) is 0 Å². The highest BCUT2D eigenvalue weighted by molar-refractivity contribution is 6.37. The van der Waals surface area contributed by atoms with Gasteiger partial charge in [-0.1, -0.05) is 0 Å². The van der Waals surface area contributed by atoms with Crippen LogP contribution in [-0.4, -0.2) is 75.9 Å². The molecule has 2 bridgehead atoms. The molecule has 15 nitrogen and oxygen atoms in total. The molecule has 0 spiro atoms. The lowest BCUT2D eigenvalue weighted by Crippen LogP contribution is -2.55. The Morgan fingerprint density at radius 1 is 1.12 bits per heavy atom. The van der Waals surface area contributed by atoms with Crippen LogP contribution in [0.25, 0.3) is 11.2 Å². The number of hydrogen-bond donors (Lipinski definition) is 5. The van der Waals surface area contributed by atoms with Gasteiger partial charge in [-0.25, -0.2) is 14.8 Å². The Labute approximate surface area is 227 Å². The molecule has 1 aromatic carbocycles. The quantitative estimate of drug-likeness (QED) is 0.196. The summed E-state index contributed by atoms with van der Waals surface area (Å²) in [6.45, 7) is 1.27. The summed E-state index contributed by atoms with van der Waals surface area (Å²) in [5.74, 6) is -2.03. The van der Waals surface area contributed by atoms with Crippen molar-refractivity contribution in [3.8, 4) is 0 Å². The number of ketones is 1. The van der Waals surface area contributed by atoms with E-state index in [9.17, 15) is 24.3 Å². The number of amides is 1. The minimum absolute atomic E-state index is 0.0295. The number of hydrogen-bond acceptors (Lipinski definition) is 12. The number of aliphatic carboxylic acids is 1. The zero-order valence-electron chi connectivity index (χ0n) is 21.2. The number of rotatable bonds is 11. The Bertz CT molecular complexity index is 1480. The molecule has 3 aromatic rings. The first kappa shape index (κ1) is 27.2. The zero-order valence-corrected chi connectivity index (χ0v) is 21.2.